The summed E-state index contributed by atoms with van der Waals surface area (Å²) in [5, 5.41) is 2.33. The summed E-state index contributed by atoms with van der Waals surface area (Å²) < 4.78 is 12.9. The summed E-state index contributed by atoms with van der Waals surface area (Å²) in [5.74, 6) is 0.436. The molecule has 1 aliphatic rings. The smallest absolute Gasteiger partial charge is 0.157 e. The van der Waals surface area contributed by atoms with Gasteiger partial charge in [-0.1, -0.05) is 50.2 Å². The molecule has 1 aromatic heterocycles. The van der Waals surface area contributed by atoms with Crippen LogP contribution in [-0.4, -0.2) is 12.1 Å². The molecular formula is C28H31NO2. The van der Waals surface area contributed by atoms with Crippen molar-refractivity contribution < 1.29 is 9.15 Å². The van der Waals surface area contributed by atoms with Crippen LogP contribution in [0.3, 0.4) is 0 Å². The molecular weight excluding hydrogens is 382 g/mol. The Kier molecular flexibility index (Phi) is 4.82. The second kappa shape index (κ2) is 7.42. The zero-order valence-corrected chi connectivity index (χ0v) is 19.3. The van der Waals surface area contributed by atoms with Gasteiger partial charge in [-0.25, -0.2) is 0 Å². The first-order valence-electron chi connectivity index (χ1n) is 11.3. The van der Waals surface area contributed by atoms with Crippen molar-refractivity contribution in [2.24, 2.45) is 5.92 Å². The Morgan fingerprint density at radius 3 is 2.23 bits per heavy atom. The van der Waals surface area contributed by atoms with Crippen LogP contribution in [0.4, 0.5) is 5.69 Å². The van der Waals surface area contributed by atoms with Crippen molar-refractivity contribution in [3.05, 3.63) is 76.9 Å². The van der Waals surface area contributed by atoms with Crippen molar-refractivity contribution in [3.8, 4) is 0 Å². The lowest BCUT2D eigenvalue weighted by molar-refractivity contribution is 0.0154. The maximum absolute atomic E-state index is 6.79. The van der Waals surface area contributed by atoms with Crippen LogP contribution in [-0.2, 0) is 4.74 Å². The van der Waals surface area contributed by atoms with Crippen LogP contribution in [0.15, 0.2) is 59.0 Å². The van der Waals surface area contributed by atoms with Gasteiger partial charge in [0.15, 0.2) is 6.23 Å². The Morgan fingerprint density at radius 2 is 1.52 bits per heavy atom. The van der Waals surface area contributed by atoms with E-state index in [4.69, 9.17) is 9.15 Å². The number of hydrogen-bond acceptors (Lipinski definition) is 3. The number of ether oxygens (including phenoxy) is 1. The summed E-state index contributed by atoms with van der Waals surface area (Å²) >= 11 is 0. The van der Waals surface area contributed by atoms with E-state index >= 15 is 0 Å². The zero-order chi connectivity index (χ0) is 21.9. The minimum absolute atomic E-state index is 0.0992. The first-order valence-corrected chi connectivity index (χ1v) is 11.3. The van der Waals surface area contributed by atoms with Crippen LogP contribution in [0.1, 0.15) is 49.3 Å². The molecule has 31 heavy (non-hydrogen) atoms. The Hall–Kier alpha value is -2.78. The molecule has 2 heterocycles. The summed E-state index contributed by atoms with van der Waals surface area (Å²) in [4.78, 5) is 2.50. The van der Waals surface area contributed by atoms with E-state index in [9.17, 15) is 0 Å². The third-order valence-electron chi connectivity index (χ3n) is 6.87. The lowest BCUT2D eigenvalue weighted by atomic mass is 9.97. The van der Waals surface area contributed by atoms with E-state index in [0.29, 0.717) is 5.92 Å². The lowest BCUT2D eigenvalue weighted by Crippen LogP contribution is -2.36. The molecule has 0 N–H and O–H groups in total. The Morgan fingerprint density at radius 1 is 0.806 bits per heavy atom. The molecule has 0 saturated carbocycles. The first kappa shape index (κ1) is 20.1. The predicted molar refractivity (Wildman–Crippen MR) is 129 cm³/mol. The van der Waals surface area contributed by atoms with Gasteiger partial charge in [-0.3, -0.25) is 0 Å². The molecule has 0 bridgehead atoms. The highest BCUT2D eigenvalue weighted by Crippen LogP contribution is 2.45. The van der Waals surface area contributed by atoms with Crippen LogP contribution >= 0.6 is 0 Å². The van der Waals surface area contributed by atoms with Crippen molar-refractivity contribution in [1.29, 1.82) is 0 Å². The number of fused-ring (bicyclic) bond motifs is 3. The van der Waals surface area contributed by atoms with E-state index in [1.54, 1.807) is 0 Å². The van der Waals surface area contributed by atoms with Gasteiger partial charge in [0.2, 0.25) is 0 Å². The van der Waals surface area contributed by atoms with Gasteiger partial charge in [-0.05, 0) is 68.5 Å². The van der Waals surface area contributed by atoms with Crippen molar-refractivity contribution in [3.63, 3.8) is 0 Å². The molecule has 5 rings (SSSR count). The van der Waals surface area contributed by atoms with Crippen LogP contribution in [0, 0.1) is 26.7 Å². The van der Waals surface area contributed by atoms with Crippen LogP contribution in [0.5, 0.6) is 0 Å². The maximum atomic E-state index is 6.79. The summed E-state index contributed by atoms with van der Waals surface area (Å²) in [6, 6.07) is 19.6. The molecule has 0 aliphatic carbocycles. The van der Waals surface area contributed by atoms with Crippen LogP contribution in [0.25, 0.3) is 21.9 Å². The molecule has 3 atom stereocenters. The van der Waals surface area contributed by atoms with Gasteiger partial charge in [0.05, 0.1) is 12.1 Å². The fourth-order valence-corrected chi connectivity index (χ4v) is 5.32. The molecule has 1 saturated heterocycles. The number of furan rings is 1. The summed E-state index contributed by atoms with van der Waals surface area (Å²) in [6.45, 7) is 13.4. The Labute approximate surface area is 184 Å². The number of anilines is 1. The van der Waals surface area contributed by atoms with Crippen LogP contribution in [0.2, 0.25) is 0 Å². The van der Waals surface area contributed by atoms with E-state index in [0.717, 1.165) is 21.9 Å². The number of rotatable bonds is 3. The highest BCUT2D eigenvalue weighted by Gasteiger charge is 2.43. The standard InChI is InChI=1S/C28H31NO2/c1-16(2)27-20(6)29(28(31-27)26-17(3)10-9-11-18(26)4)23-15-22-21-12-7-8-13-24(21)30-25(22)14-19(23)5/h7-16,20,27-28H,1-6H3/t20-,27?,28?/m0/s1. The van der Waals surface area contributed by atoms with Crippen molar-refractivity contribution >= 4 is 27.6 Å². The second-order valence-electron chi connectivity index (χ2n) is 9.38. The quantitative estimate of drug-likeness (QED) is 0.348. The SMILES string of the molecule is Cc1cc2oc3ccccc3c2cc1N1C(c2c(C)cccc2C)OC(C(C)C)[C@@H]1C. The highest BCUT2D eigenvalue weighted by molar-refractivity contribution is 6.06. The maximum Gasteiger partial charge on any atom is 0.157 e. The van der Waals surface area contributed by atoms with E-state index in [-0.39, 0.29) is 18.4 Å². The molecule has 3 aromatic carbocycles. The van der Waals surface area contributed by atoms with Gasteiger partial charge in [0.25, 0.3) is 0 Å². The summed E-state index contributed by atoms with van der Waals surface area (Å²) in [5.41, 5.74) is 8.16. The monoisotopic (exact) mass is 413 g/mol. The van der Waals surface area contributed by atoms with Crippen molar-refractivity contribution in [2.75, 3.05) is 4.90 Å². The first-order chi connectivity index (χ1) is 14.9. The van der Waals surface area contributed by atoms with Crippen molar-refractivity contribution in [1.82, 2.24) is 0 Å². The molecule has 0 radical (unpaired) electrons. The fraction of sp³-hybridized carbons (Fsp3) is 0.357. The topological polar surface area (TPSA) is 25.6 Å². The normalized spacial score (nSPS) is 21.6. The van der Waals surface area contributed by atoms with Gasteiger partial charge in [0, 0.05) is 22.0 Å². The van der Waals surface area contributed by atoms with Gasteiger partial charge in [-0.2, -0.15) is 0 Å². The zero-order valence-electron chi connectivity index (χ0n) is 19.3. The number of benzene rings is 3. The molecule has 3 heteroatoms. The minimum Gasteiger partial charge on any atom is -0.456 e. The van der Waals surface area contributed by atoms with Crippen molar-refractivity contribution in [2.45, 2.75) is 59.9 Å². The lowest BCUT2D eigenvalue weighted by Gasteiger charge is -2.32. The van der Waals surface area contributed by atoms with Gasteiger partial charge >= 0.3 is 0 Å². The molecule has 1 aliphatic heterocycles. The number of nitrogens with zero attached hydrogens (tertiary/aromatic N) is 1. The van der Waals surface area contributed by atoms with E-state index in [1.807, 2.05) is 12.1 Å². The molecule has 0 amide bonds. The second-order valence-corrected chi connectivity index (χ2v) is 9.38. The molecule has 1 fully saturated rings. The Balaban J connectivity index is 1.72. The number of hydrogen-bond donors (Lipinski definition) is 0. The molecule has 0 spiro atoms. The third kappa shape index (κ3) is 3.14. The molecule has 3 nitrogen and oxygen atoms in total. The average molecular weight is 414 g/mol. The van der Waals surface area contributed by atoms with Gasteiger partial charge < -0.3 is 14.1 Å². The predicted octanol–water partition coefficient (Wildman–Crippen LogP) is 7.46. The Bertz CT molecular complexity index is 1250. The number of para-hydroxylation sites is 1. The molecule has 2 unspecified atom stereocenters. The van der Waals surface area contributed by atoms with E-state index < -0.39 is 0 Å². The fourth-order valence-electron chi connectivity index (χ4n) is 5.32. The highest BCUT2D eigenvalue weighted by atomic mass is 16.5. The minimum atomic E-state index is -0.0992. The van der Waals surface area contributed by atoms with Gasteiger partial charge in [0.1, 0.15) is 11.2 Å². The van der Waals surface area contributed by atoms with Gasteiger partial charge in [-0.15, -0.1) is 0 Å². The summed E-state index contributed by atoms with van der Waals surface area (Å²) in [7, 11) is 0. The number of aryl methyl sites for hydroxylation is 3. The average Bonchev–Trinajstić information content (AvgIpc) is 3.24. The largest absolute Gasteiger partial charge is 0.456 e. The van der Waals surface area contributed by atoms with E-state index in [2.05, 4.69) is 88.9 Å². The van der Waals surface area contributed by atoms with Crippen LogP contribution < -0.4 is 4.90 Å². The van der Waals surface area contributed by atoms with E-state index in [1.165, 1.54) is 27.9 Å². The molecule has 160 valence electrons. The summed E-state index contributed by atoms with van der Waals surface area (Å²) in [6.07, 6.45) is 0.0677. The molecule has 4 aromatic rings. The third-order valence-corrected chi connectivity index (χ3v) is 6.87.